The molecule has 0 aromatic carbocycles. The fourth-order valence-corrected chi connectivity index (χ4v) is 2.04. The average molecular weight is 405 g/mol. The highest BCUT2D eigenvalue weighted by molar-refractivity contribution is 5.77. The van der Waals surface area contributed by atoms with Crippen molar-refractivity contribution in [2.24, 2.45) is 22.0 Å². The van der Waals surface area contributed by atoms with Gasteiger partial charge in [-0.05, 0) is 62.2 Å². The van der Waals surface area contributed by atoms with Crippen LogP contribution >= 0.6 is 0 Å². The van der Waals surface area contributed by atoms with Crippen LogP contribution in [0.25, 0.3) is 0 Å². The van der Waals surface area contributed by atoms with Crippen molar-refractivity contribution in [2.45, 2.75) is 86.8 Å². The predicted octanol–water partition coefficient (Wildman–Crippen LogP) is 2.18. The third-order valence-corrected chi connectivity index (χ3v) is 3.87. The first-order valence-corrected chi connectivity index (χ1v) is 9.01. The van der Waals surface area contributed by atoms with Crippen molar-refractivity contribution in [3.05, 3.63) is 0 Å². The lowest BCUT2D eigenvalue weighted by molar-refractivity contribution is -0.234. The molecule has 1 heterocycles. The van der Waals surface area contributed by atoms with Crippen molar-refractivity contribution in [1.29, 1.82) is 0 Å². The third-order valence-electron chi connectivity index (χ3n) is 3.87. The van der Waals surface area contributed by atoms with Gasteiger partial charge in [-0.25, -0.2) is 0 Å². The highest BCUT2D eigenvalue weighted by Crippen LogP contribution is 2.29. The second-order valence-corrected chi connectivity index (χ2v) is 9.13. The molecule has 1 aliphatic heterocycles. The van der Waals surface area contributed by atoms with Crippen molar-refractivity contribution in [3.8, 4) is 0 Å². The monoisotopic (exact) mass is 404 g/mol. The summed E-state index contributed by atoms with van der Waals surface area (Å²) in [6, 6.07) is 0. The minimum absolute atomic E-state index is 0.212. The standard InChI is InChI=1S/C20H35NO7/c1-18(2,3)15(22)26-11-10-25-14(21)13(28-17(24)20(7,8)9)12(11)27-16(23)19(4,5)6/h11-14H,10,21H2,1-9H3/t11-,12-,13+,14?/m1/s1/i1D,4D,7D. The van der Waals surface area contributed by atoms with Crippen LogP contribution in [0.5, 0.6) is 0 Å². The number of carbonyl (C=O) groups excluding carboxylic acids is 3. The summed E-state index contributed by atoms with van der Waals surface area (Å²) in [5.41, 5.74) is 2.55. The summed E-state index contributed by atoms with van der Waals surface area (Å²) in [5.74, 6) is -2.20. The van der Waals surface area contributed by atoms with E-state index < -0.39 is 58.7 Å². The Morgan fingerprint density at radius 2 is 1.21 bits per heavy atom. The Labute approximate surface area is 171 Å². The van der Waals surface area contributed by atoms with E-state index in [1.54, 1.807) is 0 Å². The SMILES string of the molecule is [2H]CC(C)(C)C(=O)O[C@H]1[C@H](OC(=O)C(C)(C)C[2H])C(N)OC[C@H]1OC(=O)C(C)(C)C[2H]. The normalized spacial score (nSPS) is 27.8. The predicted molar refractivity (Wildman–Crippen MR) is 102 cm³/mol. The van der Waals surface area contributed by atoms with Crippen LogP contribution in [-0.2, 0) is 33.3 Å². The number of hydrogen-bond acceptors (Lipinski definition) is 8. The Morgan fingerprint density at radius 3 is 1.64 bits per heavy atom. The lowest BCUT2D eigenvalue weighted by Crippen LogP contribution is -2.61. The van der Waals surface area contributed by atoms with Crippen LogP contribution in [0.2, 0.25) is 0 Å². The van der Waals surface area contributed by atoms with Crippen molar-refractivity contribution in [3.63, 3.8) is 0 Å². The fourth-order valence-electron chi connectivity index (χ4n) is 2.04. The Balaban J connectivity index is 3.25. The third kappa shape index (κ3) is 6.44. The number of rotatable bonds is 3. The van der Waals surface area contributed by atoms with Gasteiger partial charge in [0.1, 0.15) is 6.23 Å². The van der Waals surface area contributed by atoms with Gasteiger partial charge in [-0.1, -0.05) is 0 Å². The molecule has 1 fully saturated rings. The first-order chi connectivity index (χ1) is 14.1. The van der Waals surface area contributed by atoms with E-state index in [9.17, 15) is 14.4 Å². The van der Waals surface area contributed by atoms with Gasteiger partial charge >= 0.3 is 17.9 Å². The zero-order valence-corrected chi connectivity index (χ0v) is 17.6. The van der Waals surface area contributed by atoms with Gasteiger partial charge in [-0.15, -0.1) is 0 Å². The molecule has 8 nitrogen and oxygen atoms in total. The molecular formula is C20H35NO7. The average Bonchev–Trinajstić information content (AvgIpc) is 2.71. The minimum atomic E-state index is -1.30. The van der Waals surface area contributed by atoms with Crippen LogP contribution in [0, 0.1) is 16.2 Å². The number of nitrogens with two attached hydrogens (primary N) is 1. The zero-order chi connectivity index (χ0) is 24.2. The van der Waals surface area contributed by atoms with Crippen molar-refractivity contribution >= 4 is 17.9 Å². The van der Waals surface area contributed by atoms with Gasteiger partial charge < -0.3 is 24.7 Å². The highest BCUT2D eigenvalue weighted by atomic mass is 16.6. The van der Waals surface area contributed by atoms with Crippen molar-refractivity contribution in [1.82, 2.24) is 0 Å². The van der Waals surface area contributed by atoms with E-state index in [2.05, 4.69) is 0 Å². The van der Waals surface area contributed by atoms with Gasteiger partial charge in [-0.2, -0.15) is 0 Å². The Hall–Kier alpha value is -1.67. The maximum Gasteiger partial charge on any atom is 0.311 e. The molecule has 0 aromatic rings. The smallest absolute Gasteiger partial charge is 0.311 e. The van der Waals surface area contributed by atoms with Gasteiger partial charge in [-0.3, -0.25) is 14.4 Å². The van der Waals surface area contributed by atoms with Crippen LogP contribution in [-0.4, -0.2) is 49.1 Å². The van der Waals surface area contributed by atoms with Gasteiger partial charge in [0.05, 0.1) is 22.9 Å². The summed E-state index contributed by atoms with van der Waals surface area (Å²) in [6.45, 7) is 8.22. The minimum Gasteiger partial charge on any atom is -0.455 e. The molecule has 0 aliphatic carbocycles. The molecule has 1 saturated heterocycles. The largest absolute Gasteiger partial charge is 0.455 e. The molecule has 0 aromatic heterocycles. The van der Waals surface area contributed by atoms with Crippen LogP contribution in [0.3, 0.4) is 0 Å². The summed E-state index contributed by atoms with van der Waals surface area (Å²) < 4.78 is 44.6. The van der Waals surface area contributed by atoms with Gasteiger partial charge in [0.25, 0.3) is 0 Å². The van der Waals surface area contributed by atoms with Gasteiger partial charge in [0.2, 0.25) is 0 Å². The van der Waals surface area contributed by atoms with Gasteiger partial charge in [0, 0.05) is 4.11 Å². The van der Waals surface area contributed by atoms with Crippen LogP contribution in [0.15, 0.2) is 0 Å². The fraction of sp³-hybridized carbons (Fsp3) is 0.850. The molecule has 162 valence electrons. The second-order valence-electron chi connectivity index (χ2n) is 9.13. The lowest BCUT2D eigenvalue weighted by atomic mass is 9.95. The second kappa shape index (κ2) is 8.37. The molecule has 0 radical (unpaired) electrons. The topological polar surface area (TPSA) is 114 Å². The molecule has 2 N–H and O–H groups in total. The molecule has 0 bridgehead atoms. The lowest BCUT2D eigenvalue weighted by Gasteiger charge is -2.41. The van der Waals surface area contributed by atoms with E-state index >= 15 is 0 Å². The van der Waals surface area contributed by atoms with Crippen molar-refractivity contribution in [2.75, 3.05) is 6.61 Å². The molecule has 1 rings (SSSR count). The van der Waals surface area contributed by atoms with Crippen LogP contribution in [0.4, 0.5) is 0 Å². The molecule has 28 heavy (non-hydrogen) atoms. The summed E-state index contributed by atoms with van der Waals surface area (Å²) in [6.07, 6.45) is -4.88. The molecule has 0 spiro atoms. The zero-order valence-electron chi connectivity index (χ0n) is 20.6. The van der Waals surface area contributed by atoms with E-state index in [1.807, 2.05) is 0 Å². The Bertz CT molecular complexity index is 669. The molecule has 0 amide bonds. The van der Waals surface area contributed by atoms with E-state index in [0.717, 1.165) is 0 Å². The number of esters is 3. The van der Waals surface area contributed by atoms with Crippen LogP contribution < -0.4 is 5.73 Å². The summed E-state index contributed by atoms with van der Waals surface area (Å²) >= 11 is 0. The molecule has 8 heteroatoms. The summed E-state index contributed by atoms with van der Waals surface area (Å²) in [5, 5.41) is 0. The first kappa shape index (κ1) is 19.6. The number of carbonyl (C=O) groups is 3. The van der Waals surface area contributed by atoms with Crippen molar-refractivity contribution < 1.29 is 37.4 Å². The highest BCUT2D eigenvalue weighted by Gasteiger charge is 2.48. The van der Waals surface area contributed by atoms with Gasteiger partial charge in [0.15, 0.2) is 18.3 Å². The molecular weight excluding hydrogens is 366 g/mol. The quantitative estimate of drug-likeness (QED) is 0.562. The van der Waals surface area contributed by atoms with E-state index in [1.165, 1.54) is 41.5 Å². The number of ether oxygens (including phenoxy) is 4. The first-order valence-electron chi connectivity index (χ1n) is 11.1. The molecule has 4 atom stereocenters. The Morgan fingerprint density at radius 1 is 0.821 bits per heavy atom. The summed E-state index contributed by atoms with van der Waals surface area (Å²) in [4.78, 5) is 37.8. The Kier molecular flexibility index (Phi) is 5.87. The maximum atomic E-state index is 12.7. The van der Waals surface area contributed by atoms with Crippen LogP contribution in [0.1, 0.15) is 66.4 Å². The number of hydrogen-bond donors (Lipinski definition) is 1. The molecule has 1 aliphatic rings. The van der Waals surface area contributed by atoms with E-state index in [4.69, 9.17) is 28.8 Å². The van der Waals surface area contributed by atoms with E-state index in [-0.39, 0.29) is 27.3 Å². The maximum absolute atomic E-state index is 12.7. The van der Waals surface area contributed by atoms with E-state index in [0.29, 0.717) is 0 Å². The summed E-state index contributed by atoms with van der Waals surface area (Å²) in [7, 11) is 0. The molecule has 0 saturated carbocycles. The molecule has 1 unspecified atom stereocenters.